The first-order valence-corrected chi connectivity index (χ1v) is 10.3. The highest BCUT2D eigenvalue weighted by Crippen LogP contribution is 2.34. The van der Waals surface area contributed by atoms with Crippen molar-refractivity contribution in [3.63, 3.8) is 0 Å². The van der Waals surface area contributed by atoms with Gasteiger partial charge < -0.3 is 0 Å². The molecule has 8 heteroatoms. The van der Waals surface area contributed by atoms with Crippen LogP contribution in [0.3, 0.4) is 0 Å². The Morgan fingerprint density at radius 2 is 1.04 bits per heavy atom. The Morgan fingerprint density at radius 3 is 1.58 bits per heavy atom. The van der Waals surface area contributed by atoms with Crippen LogP contribution in [-0.4, -0.2) is 25.9 Å². The van der Waals surface area contributed by atoms with Crippen LogP contribution in [0.1, 0.15) is 0 Å². The highest BCUT2D eigenvalue weighted by atomic mass is 32.2. The molecule has 0 aromatic heterocycles. The summed E-state index contributed by atoms with van der Waals surface area (Å²) in [5.41, 5.74) is 2.55. The van der Waals surface area contributed by atoms with E-state index in [1.54, 1.807) is 6.07 Å². The van der Waals surface area contributed by atoms with Gasteiger partial charge in [-0.3, -0.25) is 9.11 Å². The molecule has 0 radical (unpaired) electrons. The van der Waals surface area contributed by atoms with E-state index in [0.29, 0.717) is 16.7 Å². The summed E-state index contributed by atoms with van der Waals surface area (Å²) in [5.74, 6) is 0. The van der Waals surface area contributed by atoms with Gasteiger partial charge in [0.05, 0.1) is 9.79 Å². The zero-order valence-corrected chi connectivity index (χ0v) is 14.9. The molecule has 0 fully saturated rings. The largest absolute Gasteiger partial charge is 0.294 e. The van der Waals surface area contributed by atoms with Crippen LogP contribution in [0.2, 0.25) is 0 Å². The minimum Gasteiger partial charge on any atom is -0.282 e. The lowest BCUT2D eigenvalue weighted by atomic mass is 9.95. The normalized spacial score (nSPS) is 12.1. The maximum atomic E-state index is 11.5. The summed E-state index contributed by atoms with van der Waals surface area (Å²) in [4.78, 5) is -0.542. The molecule has 0 aliphatic rings. The van der Waals surface area contributed by atoms with Crippen molar-refractivity contribution in [3.05, 3.63) is 72.8 Å². The van der Waals surface area contributed by atoms with Crippen molar-refractivity contribution in [1.82, 2.24) is 0 Å². The van der Waals surface area contributed by atoms with Crippen molar-refractivity contribution >= 4 is 20.2 Å². The first kappa shape index (κ1) is 18.3. The van der Waals surface area contributed by atoms with Gasteiger partial charge in [-0.1, -0.05) is 48.5 Å². The van der Waals surface area contributed by atoms with Gasteiger partial charge in [0, 0.05) is 0 Å². The van der Waals surface area contributed by atoms with Gasteiger partial charge in [-0.25, -0.2) is 0 Å². The first-order valence-electron chi connectivity index (χ1n) is 7.41. The summed E-state index contributed by atoms with van der Waals surface area (Å²) in [6.45, 7) is 0. The van der Waals surface area contributed by atoms with Gasteiger partial charge in [-0.05, 0) is 46.5 Å². The molecule has 6 nitrogen and oxygen atoms in total. The van der Waals surface area contributed by atoms with Crippen molar-refractivity contribution in [2.24, 2.45) is 0 Å². The molecule has 0 spiro atoms. The third-order valence-corrected chi connectivity index (χ3v) is 5.55. The molecule has 3 rings (SSSR count). The Kier molecular flexibility index (Phi) is 4.68. The molecular weight excluding hydrogens is 376 g/mol. The van der Waals surface area contributed by atoms with E-state index in [1.165, 1.54) is 36.4 Å². The molecule has 26 heavy (non-hydrogen) atoms. The Labute approximate surface area is 151 Å². The van der Waals surface area contributed by atoms with E-state index in [1.807, 2.05) is 30.3 Å². The molecular formula is C18H14O6S2. The van der Waals surface area contributed by atoms with Gasteiger partial charge >= 0.3 is 0 Å². The third kappa shape index (κ3) is 3.83. The van der Waals surface area contributed by atoms with Gasteiger partial charge in [0.1, 0.15) is 0 Å². The lowest BCUT2D eigenvalue weighted by Gasteiger charge is -2.12. The lowest BCUT2D eigenvalue weighted by molar-refractivity contribution is 0.481. The maximum Gasteiger partial charge on any atom is 0.294 e. The molecule has 3 aromatic carbocycles. The first-order chi connectivity index (χ1) is 12.2. The summed E-state index contributed by atoms with van der Waals surface area (Å²) < 4.78 is 63.8. The molecule has 2 N–H and O–H groups in total. The molecule has 0 saturated heterocycles. The maximum absolute atomic E-state index is 11.5. The Morgan fingerprint density at radius 1 is 0.538 bits per heavy atom. The molecule has 0 bridgehead atoms. The molecule has 0 atom stereocenters. The van der Waals surface area contributed by atoms with Gasteiger partial charge in [0.15, 0.2) is 0 Å². The van der Waals surface area contributed by atoms with Crippen LogP contribution >= 0.6 is 0 Å². The zero-order valence-electron chi connectivity index (χ0n) is 13.3. The van der Waals surface area contributed by atoms with Crippen molar-refractivity contribution in [1.29, 1.82) is 0 Å². The molecule has 0 saturated carbocycles. The molecule has 0 amide bonds. The number of hydrogen-bond donors (Lipinski definition) is 2. The number of hydrogen-bond acceptors (Lipinski definition) is 4. The van der Waals surface area contributed by atoms with Crippen molar-refractivity contribution < 1.29 is 25.9 Å². The minimum atomic E-state index is -4.40. The van der Waals surface area contributed by atoms with Gasteiger partial charge in [-0.15, -0.1) is 0 Å². The molecule has 0 aliphatic carbocycles. The van der Waals surface area contributed by atoms with Crippen LogP contribution in [0, 0.1) is 0 Å². The summed E-state index contributed by atoms with van der Waals surface area (Å²) >= 11 is 0. The van der Waals surface area contributed by atoms with E-state index < -0.39 is 20.2 Å². The summed E-state index contributed by atoms with van der Waals surface area (Å²) in [7, 11) is -8.73. The fraction of sp³-hybridized carbons (Fsp3) is 0. The van der Waals surface area contributed by atoms with E-state index >= 15 is 0 Å². The number of benzene rings is 3. The summed E-state index contributed by atoms with van der Waals surface area (Å²) in [5, 5.41) is 0. The zero-order chi connectivity index (χ0) is 18.9. The topological polar surface area (TPSA) is 109 Å². The summed E-state index contributed by atoms with van der Waals surface area (Å²) in [6, 6.07) is 18.7. The van der Waals surface area contributed by atoms with Crippen LogP contribution in [0.25, 0.3) is 22.3 Å². The van der Waals surface area contributed by atoms with Crippen molar-refractivity contribution in [2.45, 2.75) is 9.79 Å². The Balaban J connectivity index is 2.23. The molecule has 0 heterocycles. The smallest absolute Gasteiger partial charge is 0.282 e. The predicted molar refractivity (Wildman–Crippen MR) is 96.9 cm³/mol. The van der Waals surface area contributed by atoms with Crippen LogP contribution in [-0.2, 0) is 20.2 Å². The van der Waals surface area contributed by atoms with Gasteiger partial charge in [0.25, 0.3) is 20.2 Å². The quantitative estimate of drug-likeness (QED) is 0.660. The van der Waals surface area contributed by atoms with E-state index in [2.05, 4.69) is 0 Å². The third-order valence-electron chi connectivity index (χ3n) is 3.84. The second kappa shape index (κ2) is 6.65. The van der Waals surface area contributed by atoms with Gasteiger partial charge in [0.2, 0.25) is 0 Å². The van der Waals surface area contributed by atoms with Crippen molar-refractivity contribution in [2.75, 3.05) is 0 Å². The summed E-state index contributed by atoms with van der Waals surface area (Å²) in [6.07, 6.45) is 0. The molecule has 3 aromatic rings. The van der Waals surface area contributed by atoms with Crippen LogP contribution in [0.15, 0.2) is 82.6 Å². The average molecular weight is 390 g/mol. The number of rotatable bonds is 4. The monoisotopic (exact) mass is 390 g/mol. The van der Waals surface area contributed by atoms with E-state index in [-0.39, 0.29) is 9.79 Å². The van der Waals surface area contributed by atoms with E-state index in [9.17, 15) is 21.4 Å². The molecule has 134 valence electrons. The van der Waals surface area contributed by atoms with Crippen LogP contribution < -0.4 is 0 Å². The SMILES string of the molecule is O=S(=O)(O)c1ccc(-c2cc(S(=O)(=O)O)ccc2-c2ccccc2)cc1. The molecule has 0 unspecified atom stereocenters. The van der Waals surface area contributed by atoms with E-state index in [4.69, 9.17) is 4.55 Å². The highest BCUT2D eigenvalue weighted by Gasteiger charge is 2.16. The van der Waals surface area contributed by atoms with Crippen molar-refractivity contribution in [3.8, 4) is 22.3 Å². The van der Waals surface area contributed by atoms with Crippen LogP contribution in [0.4, 0.5) is 0 Å². The lowest BCUT2D eigenvalue weighted by Crippen LogP contribution is -2.00. The van der Waals surface area contributed by atoms with Crippen LogP contribution in [0.5, 0.6) is 0 Å². The Bertz CT molecular complexity index is 1150. The second-order valence-corrected chi connectivity index (χ2v) is 8.39. The van der Waals surface area contributed by atoms with E-state index in [0.717, 1.165) is 5.56 Å². The predicted octanol–water partition coefficient (Wildman–Crippen LogP) is 3.51. The minimum absolute atomic E-state index is 0.270. The fourth-order valence-electron chi connectivity index (χ4n) is 2.60. The fourth-order valence-corrected chi connectivity index (χ4v) is 3.59. The Hall–Kier alpha value is -2.52. The standard InChI is InChI=1S/C18H14O6S2/c19-25(20,21)15-8-6-14(7-9-15)18-12-16(26(22,23)24)10-11-17(18)13-4-2-1-3-5-13/h1-12H,(H,19,20,21)(H,22,23,24). The average Bonchev–Trinajstić information content (AvgIpc) is 2.60. The molecule has 0 aliphatic heterocycles. The van der Waals surface area contributed by atoms with Gasteiger partial charge in [-0.2, -0.15) is 16.8 Å². The highest BCUT2D eigenvalue weighted by molar-refractivity contribution is 7.86. The second-order valence-electron chi connectivity index (χ2n) is 5.55.